The number of piperazine rings is 1. The maximum atomic E-state index is 13.4. The molecule has 1 aliphatic rings. The molecule has 0 saturated carbocycles. The Hall–Kier alpha value is -4.33. The van der Waals surface area contributed by atoms with Crippen LogP contribution in [0.25, 0.3) is 0 Å². The van der Waals surface area contributed by atoms with E-state index in [-0.39, 0.29) is 46.9 Å². The number of carbonyl (C=O) groups is 3. The van der Waals surface area contributed by atoms with E-state index in [9.17, 15) is 27.6 Å². The van der Waals surface area contributed by atoms with Crippen molar-refractivity contribution in [1.29, 1.82) is 0 Å². The van der Waals surface area contributed by atoms with Gasteiger partial charge in [-0.05, 0) is 63.1 Å². The lowest BCUT2D eigenvalue weighted by molar-refractivity contribution is -0.138. The van der Waals surface area contributed by atoms with Gasteiger partial charge in [0.1, 0.15) is 0 Å². The van der Waals surface area contributed by atoms with Crippen LogP contribution in [0.2, 0.25) is 5.15 Å². The standard InChI is InChI=1S/C24H30F3N5O2.C10H14ClN3O/c1-4-5-8-13-28-22(33)20-11-12-21(30-29-20)31-14-17(3)32(15-16(31)2)23(34)18-9-6-7-10-19(18)24(25,26)27;1-2-3-4-7-12-10(15)8-5-6-9(11)14-13-8/h6-7,9-12,16-17H,4-5,8,13-15H2,1-3H3,(H,28,33);5-6H,2-4,7H2,1H3,(H,12,15). The molecule has 3 heterocycles. The van der Waals surface area contributed by atoms with Crippen molar-refractivity contribution in [2.45, 2.75) is 84.5 Å². The number of carbonyl (C=O) groups excluding carboxylic acids is 3. The minimum Gasteiger partial charge on any atom is -0.351 e. The molecule has 0 radical (unpaired) electrons. The van der Waals surface area contributed by atoms with Gasteiger partial charge in [0, 0.05) is 38.3 Å². The SMILES string of the molecule is CCCCCNC(=O)c1ccc(Cl)nn1.CCCCCNC(=O)c1ccc(N2CC(C)N(C(=O)c3ccccc3C(F)(F)F)CC2C)nn1. The highest BCUT2D eigenvalue weighted by molar-refractivity contribution is 6.29. The molecule has 15 heteroatoms. The van der Waals surface area contributed by atoms with Crippen molar-refractivity contribution in [1.82, 2.24) is 35.9 Å². The number of hydrogen-bond acceptors (Lipinski definition) is 8. The molecule has 2 aromatic heterocycles. The smallest absolute Gasteiger partial charge is 0.351 e. The van der Waals surface area contributed by atoms with Crippen LogP contribution in [-0.4, -0.2) is 81.3 Å². The van der Waals surface area contributed by atoms with Crippen molar-refractivity contribution < 1.29 is 27.6 Å². The molecule has 266 valence electrons. The van der Waals surface area contributed by atoms with E-state index in [1.165, 1.54) is 23.1 Å². The first-order chi connectivity index (χ1) is 23.4. The molecule has 2 atom stereocenters. The van der Waals surface area contributed by atoms with Gasteiger partial charge in [-0.1, -0.05) is 63.3 Å². The molecule has 11 nitrogen and oxygen atoms in total. The molecule has 2 unspecified atom stereocenters. The van der Waals surface area contributed by atoms with E-state index in [0.29, 0.717) is 31.1 Å². The van der Waals surface area contributed by atoms with E-state index in [4.69, 9.17) is 11.6 Å². The predicted octanol–water partition coefficient (Wildman–Crippen LogP) is 6.20. The van der Waals surface area contributed by atoms with Gasteiger partial charge in [0.15, 0.2) is 22.4 Å². The van der Waals surface area contributed by atoms with Crippen molar-refractivity contribution >= 4 is 35.1 Å². The molecule has 0 bridgehead atoms. The molecule has 4 rings (SSSR count). The average molecular weight is 705 g/mol. The average Bonchev–Trinajstić information content (AvgIpc) is 3.09. The summed E-state index contributed by atoms with van der Waals surface area (Å²) in [5, 5.41) is 21.4. The first-order valence-corrected chi connectivity index (χ1v) is 16.9. The zero-order valence-electron chi connectivity index (χ0n) is 28.3. The number of alkyl halides is 3. The molecule has 0 spiro atoms. The molecule has 1 aromatic carbocycles. The first-order valence-electron chi connectivity index (χ1n) is 16.5. The van der Waals surface area contributed by atoms with E-state index in [1.807, 2.05) is 11.8 Å². The fourth-order valence-electron chi connectivity index (χ4n) is 5.17. The summed E-state index contributed by atoms with van der Waals surface area (Å²) in [6.45, 7) is 9.73. The Labute approximate surface area is 290 Å². The van der Waals surface area contributed by atoms with Crippen molar-refractivity contribution in [2.24, 2.45) is 0 Å². The fraction of sp³-hybridized carbons (Fsp3) is 0.500. The molecule has 49 heavy (non-hydrogen) atoms. The van der Waals surface area contributed by atoms with E-state index < -0.39 is 17.6 Å². The second-order valence-electron chi connectivity index (χ2n) is 11.8. The third-order valence-corrected chi connectivity index (χ3v) is 8.09. The number of amides is 3. The minimum absolute atomic E-state index is 0.199. The summed E-state index contributed by atoms with van der Waals surface area (Å²) in [6.07, 6.45) is 1.64. The minimum atomic E-state index is -4.61. The third-order valence-electron chi connectivity index (χ3n) is 7.88. The van der Waals surface area contributed by atoms with Crippen LogP contribution in [0.1, 0.15) is 103 Å². The van der Waals surface area contributed by atoms with Gasteiger partial charge >= 0.3 is 6.18 Å². The van der Waals surface area contributed by atoms with Gasteiger partial charge in [0.25, 0.3) is 17.7 Å². The lowest BCUT2D eigenvalue weighted by Gasteiger charge is -2.44. The Morgan fingerprint density at radius 1 is 0.776 bits per heavy atom. The molecular weight excluding hydrogens is 661 g/mol. The van der Waals surface area contributed by atoms with Crippen molar-refractivity contribution in [3.63, 3.8) is 0 Å². The summed E-state index contributed by atoms with van der Waals surface area (Å²) in [5.74, 6) is -0.580. The fourth-order valence-corrected chi connectivity index (χ4v) is 5.27. The van der Waals surface area contributed by atoms with Crippen molar-refractivity contribution in [2.75, 3.05) is 31.1 Å². The summed E-state index contributed by atoms with van der Waals surface area (Å²) in [4.78, 5) is 40.1. The molecule has 1 aliphatic heterocycles. The number of anilines is 1. The van der Waals surface area contributed by atoms with Crippen LogP contribution < -0.4 is 15.5 Å². The lowest BCUT2D eigenvalue weighted by atomic mass is 10.0. The second kappa shape index (κ2) is 19.0. The summed E-state index contributed by atoms with van der Waals surface area (Å²) in [5.41, 5.74) is -0.761. The Morgan fingerprint density at radius 2 is 1.35 bits per heavy atom. The summed E-state index contributed by atoms with van der Waals surface area (Å²) >= 11 is 5.56. The van der Waals surface area contributed by atoms with Gasteiger partial charge < -0.3 is 20.4 Å². The molecule has 1 saturated heterocycles. The molecule has 1 fully saturated rings. The van der Waals surface area contributed by atoms with Gasteiger partial charge in [-0.3, -0.25) is 14.4 Å². The van der Waals surface area contributed by atoms with Crippen LogP contribution in [0.15, 0.2) is 48.5 Å². The molecule has 3 aromatic rings. The number of halogens is 4. The highest BCUT2D eigenvalue weighted by Crippen LogP contribution is 2.33. The van der Waals surface area contributed by atoms with Crippen molar-refractivity contribution in [3.05, 3.63) is 76.2 Å². The largest absolute Gasteiger partial charge is 0.417 e. The van der Waals surface area contributed by atoms with Crippen LogP contribution in [-0.2, 0) is 6.18 Å². The van der Waals surface area contributed by atoms with Gasteiger partial charge in [-0.2, -0.15) is 13.2 Å². The summed E-state index contributed by atoms with van der Waals surface area (Å²) in [7, 11) is 0. The predicted molar refractivity (Wildman–Crippen MR) is 182 cm³/mol. The number of hydrogen-bond donors (Lipinski definition) is 2. The molecule has 3 amide bonds. The Morgan fingerprint density at radius 3 is 1.86 bits per heavy atom. The zero-order chi connectivity index (χ0) is 36.0. The lowest BCUT2D eigenvalue weighted by Crippen LogP contribution is -2.58. The topological polar surface area (TPSA) is 133 Å². The Bertz CT molecular complexity index is 1510. The van der Waals surface area contributed by atoms with Crippen LogP contribution in [0.4, 0.5) is 19.0 Å². The molecule has 0 aliphatic carbocycles. The number of aromatic nitrogens is 4. The van der Waals surface area contributed by atoms with Crippen LogP contribution in [0, 0.1) is 0 Å². The third kappa shape index (κ3) is 11.7. The number of nitrogens with one attached hydrogen (secondary N) is 2. The van der Waals surface area contributed by atoms with Gasteiger partial charge in [-0.15, -0.1) is 20.4 Å². The van der Waals surface area contributed by atoms with Crippen molar-refractivity contribution in [3.8, 4) is 0 Å². The van der Waals surface area contributed by atoms with E-state index >= 15 is 0 Å². The number of unbranched alkanes of at least 4 members (excludes halogenated alkanes) is 4. The van der Waals surface area contributed by atoms with Crippen LogP contribution >= 0.6 is 11.6 Å². The summed E-state index contributed by atoms with van der Waals surface area (Å²) in [6, 6.07) is 10.7. The monoisotopic (exact) mass is 704 g/mol. The second-order valence-corrected chi connectivity index (χ2v) is 12.2. The number of benzene rings is 1. The quantitative estimate of drug-likeness (QED) is 0.213. The number of rotatable bonds is 12. The Kier molecular flexibility index (Phi) is 15.2. The molecular formula is C34H44ClF3N8O3. The molecule has 2 N–H and O–H groups in total. The highest BCUT2D eigenvalue weighted by Gasteiger charge is 2.39. The Balaban J connectivity index is 0.000000362. The maximum Gasteiger partial charge on any atom is 0.417 e. The van der Waals surface area contributed by atoms with E-state index in [0.717, 1.165) is 44.6 Å². The normalized spacial score (nSPS) is 16.0. The highest BCUT2D eigenvalue weighted by atomic mass is 35.5. The van der Waals surface area contributed by atoms with E-state index in [1.54, 1.807) is 31.2 Å². The van der Waals surface area contributed by atoms with Gasteiger partial charge in [0.2, 0.25) is 0 Å². The zero-order valence-corrected chi connectivity index (χ0v) is 29.0. The maximum absolute atomic E-state index is 13.4. The van der Waals surface area contributed by atoms with E-state index in [2.05, 4.69) is 44.9 Å². The summed E-state index contributed by atoms with van der Waals surface area (Å²) < 4.78 is 40.2. The van der Waals surface area contributed by atoms with Crippen LogP contribution in [0.5, 0.6) is 0 Å². The number of nitrogens with zero attached hydrogens (tertiary/aromatic N) is 6. The van der Waals surface area contributed by atoms with Gasteiger partial charge in [-0.25, -0.2) is 0 Å². The van der Waals surface area contributed by atoms with Crippen LogP contribution in [0.3, 0.4) is 0 Å². The van der Waals surface area contributed by atoms with Gasteiger partial charge in [0.05, 0.1) is 11.1 Å². The first kappa shape index (κ1) is 39.1.